The van der Waals surface area contributed by atoms with Crippen molar-refractivity contribution < 1.29 is 19.3 Å². The van der Waals surface area contributed by atoms with Crippen LogP contribution in [-0.2, 0) is 20.1 Å². The maximum atomic E-state index is 11.7. The van der Waals surface area contributed by atoms with Gasteiger partial charge in [-0.25, -0.2) is 4.79 Å². The summed E-state index contributed by atoms with van der Waals surface area (Å²) in [7, 11) is 0. The fraction of sp³-hybridized carbons (Fsp3) is 0.562. The van der Waals surface area contributed by atoms with Gasteiger partial charge in [-0.3, -0.25) is 4.89 Å². The third-order valence-corrected chi connectivity index (χ3v) is 2.99. The van der Waals surface area contributed by atoms with Crippen LogP contribution in [0.4, 0.5) is 4.79 Å². The van der Waals surface area contributed by atoms with Crippen molar-refractivity contribution in [3.63, 3.8) is 0 Å². The zero-order valence-corrected chi connectivity index (χ0v) is 12.9. The zero-order valence-electron chi connectivity index (χ0n) is 12.9. The van der Waals surface area contributed by atoms with Gasteiger partial charge in [0.05, 0.1) is 0 Å². The Bertz CT molecular complexity index is 423. The molecule has 0 aliphatic rings. The lowest BCUT2D eigenvalue weighted by Crippen LogP contribution is -2.30. The second kappa shape index (κ2) is 6.75. The molecule has 0 heterocycles. The van der Waals surface area contributed by atoms with Crippen molar-refractivity contribution in [2.45, 2.75) is 58.7 Å². The average Bonchev–Trinajstić information content (AvgIpc) is 2.37. The van der Waals surface area contributed by atoms with Crippen LogP contribution in [0.15, 0.2) is 30.3 Å². The Morgan fingerprint density at radius 3 is 2.25 bits per heavy atom. The van der Waals surface area contributed by atoms with Crippen LogP contribution in [0.3, 0.4) is 0 Å². The fourth-order valence-electron chi connectivity index (χ4n) is 1.91. The number of carbonyl (C=O) groups excluding carboxylic acids is 1. The molecule has 0 amide bonds. The summed E-state index contributed by atoms with van der Waals surface area (Å²) in [5, 5.41) is 0. The van der Waals surface area contributed by atoms with Crippen molar-refractivity contribution in [1.82, 2.24) is 0 Å². The van der Waals surface area contributed by atoms with Gasteiger partial charge >= 0.3 is 6.16 Å². The minimum Gasteiger partial charge on any atom is -0.421 e. The highest BCUT2D eigenvalue weighted by atomic mass is 17.2. The SMILES string of the molecule is CCCC(C)(C)OOC(=O)OC(C)(C)c1ccccc1. The summed E-state index contributed by atoms with van der Waals surface area (Å²) in [5.74, 6) is 0. The molecule has 4 heteroatoms. The molecule has 1 aromatic rings. The van der Waals surface area contributed by atoms with Crippen molar-refractivity contribution in [2.24, 2.45) is 0 Å². The molecule has 0 radical (unpaired) electrons. The molecule has 0 N–H and O–H groups in total. The van der Waals surface area contributed by atoms with Gasteiger partial charge in [0.1, 0.15) is 11.2 Å². The van der Waals surface area contributed by atoms with E-state index in [1.807, 2.05) is 51.1 Å². The Morgan fingerprint density at radius 1 is 1.10 bits per heavy atom. The highest BCUT2D eigenvalue weighted by Crippen LogP contribution is 2.25. The van der Waals surface area contributed by atoms with Gasteiger partial charge in [0.15, 0.2) is 0 Å². The summed E-state index contributed by atoms with van der Waals surface area (Å²) in [6.45, 7) is 9.39. The van der Waals surface area contributed by atoms with Gasteiger partial charge in [-0.1, -0.05) is 43.7 Å². The first-order valence-electron chi connectivity index (χ1n) is 6.91. The maximum Gasteiger partial charge on any atom is 0.541 e. The van der Waals surface area contributed by atoms with Crippen LogP contribution < -0.4 is 0 Å². The van der Waals surface area contributed by atoms with Gasteiger partial charge in [0.2, 0.25) is 0 Å². The first kappa shape index (κ1) is 16.5. The molecular formula is C16H24O4. The minimum absolute atomic E-state index is 0.509. The Hall–Kier alpha value is -1.55. The van der Waals surface area contributed by atoms with Crippen LogP contribution >= 0.6 is 0 Å². The molecule has 112 valence electrons. The molecule has 0 unspecified atom stereocenters. The van der Waals surface area contributed by atoms with Crippen molar-refractivity contribution in [3.05, 3.63) is 35.9 Å². The highest BCUT2D eigenvalue weighted by Gasteiger charge is 2.28. The fourth-order valence-corrected chi connectivity index (χ4v) is 1.91. The third kappa shape index (κ3) is 5.21. The molecule has 0 bridgehead atoms. The second-order valence-electron chi connectivity index (χ2n) is 5.90. The number of hydrogen-bond donors (Lipinski definition) is 0. The third-order valence-electron chi connectivity index (χ3n) is 2.99. The lowest BCUT2D eigenvalue weighted by atomic mass is 9.98. The monoisotopic (exact) mass is 280 g/mol. The van der Waals surface area contributed by atoms with Gasteiger partial charge in [-0.2, -0.15) is 4.89 Å². The van der Waals surface area contributed by atoms with Crippen LogP contribution in [0.1, 0.15) is 53.0 Å². The molecule has 1 rings (SSSR count). The van der Waals surface area contributed by atoms with E-state index in [0.717, 1.165) is 18.4 Å². The van der Waals surface area contributed by atoms with Gasteiger partial charge in [0.25, 0.3) is 0 Å². The van der Waals surface area contributed by atoms with Crippen LogP contribution in [0, 0.1) is 0 Å². The van der Waals surface area contributed by atoms with Crippen LogP contribution in [0.2, 0.25) is 0 Å². The zero-order chi connectivity index (χ0) is 15.2. The lowest BCUT2D eigenvalue weighted by molar-refractivity contribution is -0.322. The van der Waals surface area contributed by atoms with E-state index in [4.69, 9.17) is 14.5 Å². The van der Waals surface area contributed by atoms with E-state index in [1.54, 1.807) is 13.8 Å². The van der Waals surface area contributed by atoms with Gasteiger partial charge in [0, 0.05) is 0 Å². The molecule has 0 saturated carbocycles. The summed E-state index contributed by atoms with van der Waals surface area (Å²) in [5.41, 5.74) is -0.383. The van der Waals surface area contributed by atoms with E-state index < -0.39 is 17.4 Å². The normalized spacial score (nSPS) is 12.1. The molecule has 4 nitrogen and oxygen atoms in total. The molecule has 0 aromatic heterocycles. The molecule has 1 aromatic carbocycles. The van der Waals surface area contributed by atoms with E-state index in [9.17, 15) is 4.79 Å². The molecular weight excluding hydrogens is 256 g/mol. The Morgan fingerprint density at radius 2 is 1.70 bits per heavy atom. The van der Waals surface area contributed by atoms with E-state index in [1.165, 1.54) is 0 Å². The van der Waals surface area contributed by atoms with Crippen molar-refractivity contribution in [3.8, 4) is 0 Å². The van der Waals surface area contributed by atoms with Crippen LogP contribution in [-0.4, -0.2) is 11.8 Å². The molecule has 0 saturated heterocycles. The summed E-state index contributed by atoms with van der Waals surface area (Å²) in [6, 6.07) is 9.50. The van der Waals surface area contributed by atoms with E-state index >= 15 is 0 Å². The van der Waals surface area contributed by atoms with E-state index in [-0.39, 0.29) is 0 Å². The smallest absolute Gasteiger partial charge is 0.421 e. The number of rotatable bonds is 6. The molecule has 0 fully saturated rings. The van der Waals surface area contributed by atoms with Crippen LogP contribution in [0.5, 0.6) is 0 Å². The van der Waals surface area contributed by atoms with Crippen molar-refractivity contribution in [2.75, 3.05) is 0 Å². The van der Waals surface area contributed by atoms with Gasteiger partial charge in [-0.15, -0.1) is 0 Å². The quantitative estimate of drug-likeness (QED) is 0.434. The predicted octanol–water partition coefficient (Wildman–Crippen LogP) is 4.59. The Kier molecular flexibility index (Phi) is 5.57. The van der Waals surface area contributed by atoms with Gasteiger partial charge < -0.3 is 4.74 Å². The summed E-state index contributed by atoms with van der Waals surface area (Å²) < 4.78 is 5.31. The van der Waals surface area contributed by atoms with Crippen molar-refractivity contribution >= 4 is 6.16 Å². The number of benzene rings is 1. The van der Waals surface area contributed by atoms with E-state index in [0.29, 0.717) is 0 Å². The topological polar surface area (TPSA) is 44.8 Å². The Labute approximate surface area is 121 Å². The summed E-state index contributed by atoms with van der Waals surface area (Å²) in [4.78, 5) is 21.6. The highest BCUT2D eigenvalue weighted by molar-refractivity contribution is 5.60. The minimum atomic E-state index is -0.831. The largest absolute Gasteiger partial charge is 0.541 e. The molecule has 0 atom stereocenters. The molecule has 0 spiro atoms. The summed E-state index contributed by atoms with van der Waals surface area (Å²) >= 11 is 0. The average molecular weight is 280 g/mol. The van der Waals surface area contributed by atoms with Crippen LogP contribution in [0.25, 0.3) is 0 Å². The van der Waals surface area contributed by atoms with Crippen molar-refractivity contribution in [1.29, 1.82) is 0 Å². The first-order valence-corrected chi connectivity index (χ1v) is 6.91. The molecule has 20 heavy (non-hydrogen) atoms. The van der Waals surface area contributed by atoms with E-state index in [2.05, 4.69) is 0 Å². The maximum absolute atomic E-state index is 11.7. The number of carbonyl (C=O) groups is 1. The molecule has 0 aliphatic carbocycles. The second-order valence-corrected chi connectivity index (χ2v) is 5.90. The predicted molar refractivity (Wildman–Crippen MR) is 77.1 cm³/mol. The number of hydrogen-bond acceptors (Lipinski definition) is 4. The Balaban J connectivity index is 2.54. The lowest BCUT2D eigenvalue weighted by Gasteiger charge is -2.26. The standard InChI is InChI=1S/C16H24O4/c1-6-12-15(2,3)20-19-14(17)18-16(4,5)13-10-8-7-9-11-13/h7-11H,6,12H2,1-5H3. The summed E-state index contributed by atoms with van der Waals surface area (Å²) in [6.07, 6.45) is 0.909. The van der Waals surface area contributed by atoms with Gasteiger partial charge in [-0.05, 0) is 39.7 Å². The first-order chi connectivity index (χ1) is 9.27. The molecule has 0 aliphatic heterocycles. The number of ether oxygens (including phenoxy) is 1.